The normalized spacial score (nSPS) is 14.0. The third-order valence-electron chi connectivity index (χ3n) is 3.86. The highest BCUT2D eigenvalue weighted by atomic mass is 79.9. The minimum atomic E-state index is -0.155. The molecule has 0 aliphatic carbocycles. The van der Waals surface area contributed by atoms with Crippen LogP contribution >= 0.6 is 15.9 Å². The van der Waals surface area contributed by atoms with Gasteiger partial charge in [-0.3, -0.25) is 4.79 Å². The summed E-state index contributed by atoms with van der Waals surface area (Å²) in [7, 11) is 1.59. The Kier molecular flexibility index (Phi) is 5.47. The lowest BCUT2D eigenvalue weighted by Crippen LogP contribution is -1.99. The molecule has 0 amide bonds. The maximum atomic E-state index is 12.6. The number of ketones is 1. The zero-order chi connectivity index (χ0) is 18.7. The van der Waals surface area contributed by atoms with E-state index in [-0.39, 0.29) is 11.5 Å². The summed E-state index contributed by atoms with van der Waals surface area (Å²) in [5, 5.41) is 0. The SMILES string of the molecule is COc1ccc(Br)cc1/C=C1\Oc2cc(OCC=C(C)C)ccc2C1=O. The molecule has 1 aliphatic rings. The maximum absolute atomic E-state index is 12.6. The molecule has 1 aliphatic heterocycles. The van der Waals surface area contributed by atoms with Gasteiger partial charge in [0.2, 0.25) is 5.78 Å². The zero-order valence-corrected chi connectivity index (χ0v) is 16.4. The van der Waals surface area contributed by atoms with Gasteiger partial charge in [0, 0.05) is 16.1 Å². The van der Waals surface area contributed by atoms with Crippen molar-refractivity contribution in [3.05, 3.63) is 69.4 Å². The highest BCUT2D eigenvalue weighted by Gasteiger charge is 2.28. The van der Waals surface area contributed by atoms with Gasteiger partial charge in [-0.15, -0.1) is 0 Å². The van der Waals surface area contributed by atoms with Crippen LogP contribution in [0.2, 0.25) is 0 Å². The number of hydrogen-bond acceptors (Lipinski definition) is 4. The first-order valence-corrected chi connectivity index (χ1v) is 8.95. The Morgan fingerprint density at radius 2 is 2.00 bits per heavy atom. The van der Waals surface area contributed by atoms with Gasteiger partial charge in [-0.1, -0.05) is 21.5 Å². The van der Waals surface area contributed by atoms with Crippen molar-refractivity contribution in [3.8, 4) is 17.2 Å². The number of methoxy groups -OCH3 is 1. The van der Waals surface area contributed by atoms with Crippen LogP contribution in [0.15, 0.2) is 58.3 Å². The highest BCUT2D eigenvalue weighted by Crippen LogP contribution is 2.36. The molecular weight excluding hydrogens is 396 g/mol. The molecule has 5 heteroatoms. The van der Waals surface area contributed by atoms with Gasteiger partial charge in [-0.05, 0) is 56.3 Å². The van der Waals surface area contributed by atoms with Gasteiger partial charge in [0.05, 0.1) is 12.7 Å². The molecule has 0 N–H and O–H groups in total. The number of ether oxygens (including phenoxy) is 3. The van der Waals surface area contributed by atoms with Crippen molar-refractivity contribution in [2.75, 3.05) is 13.7 Å². The molecular formula is C21H19BrO4. The van der Waals surface area contributed by atoms with Crippen molar-refractivity contribution in [2.24, 2.45) is 0 Å². The summed E-state index contributed by atoms with van der Waals surface area (Å²) in [4.78, 5) is 12.6. The smallest absolute Gasteiger partial charge is 0.231 e. The monoisotopic (exact) mass is 414 g/mol. The first kappa shape index (κ1) is 18.3. The van der Waals surface area contributed by atoms with Crippen molar-refractivity contribution >= 4 is 27.8 Å². The molecule has 0 saturated heterocycles. The highest BCUT2D eigenvalue weighted by molar-refractivity contribution is 9.10. The summed E-state index contributed by atoms with van der Waals surface area (Å²) in [5.41, 5.74) is 2.48. The van der Waals surface area contributed by atoms with Crippen molar-refractivity contribution in [2.45, 2.75) is 13.8 Å². The summed E-state index contributed by atoms with van der Waals surface area (Å²) in [6.45, 7) is 4.51. The third-order valence-corrected chi connectivity index (χ3v) is 4.35. The average Bonchev–Trinajstić information content (AvgIpc) is 2.90. The molecule has 0 unspecified atom stereocenters. The minimum absolute atomic E-state index is 0.155. The van der Waals surface area contributed by atoms with E-state index in [1.807, 2.05) is 38.1 Å². The topological polar surface area (TPSA) is 44.8 Å². The lowest BCUT2D eigenvalue weighted by molar-refractivity contribution is 0.101. The minimum Gasteiger partial charge on any atom is -0.496 e. The number of Topliss-reactive ketones (excluding diaryl/α,β-unsaturated/α-hetero) is 1. The predicted octanol–water partition coefficient (Wildman–Crippen LogP) is 5.42. The van der Waals surface area contributed by atoms with Crippen LogP contribution in [0.5, 0.6) is 17.2 Å². The number of carbonyl (C=O) groups is 1. The van der Waals surface area contributed by atoms with Gasteiger partial charge >= 0.3 is 0 Å². The van der Waals surface area contributed by atoms with Crippen LogP contribution in [0.3, 0.4) is 0 Å². The molecule has 134 valence electrons. The van der Waals surface area contributed by atoms with Crippen molar-refractivity contribution in [3.63, 3.8) is 0 Å². The van der Waals surface area contributed by atoms with E-state index in [1.54, 1.807) is 31.4 Å². The first-order chi connectivity index (χ1) is 12.5. The molecule has 0 aromatic heterocycles. The van der Waals surface area contributed by atoms with Gasteiger partial charge in [-0.25, -0.2) is 0 Å². The Morgan fingerprint density at radius 1 is 1.19 bits per heavy atom. The van der Waals surface area contributed by atoms with Crippen LogP contribution in [0, 0.1) is 0 Å². The summed E-state index contributed by atoms with van der Waals surface area (Å²) >= 11 is 3.43. The van der Waals surface area contributed by atoms with E-state index in [0.717, 1.165) is 10.0 Å². The number of halogens is 1. The Morgan fingerprint density at radius 3 is 2.73 bits per heavy atom. The molecule has 0 bridgehead atoms. The number of allylic oxidation sites excluding steroid dienone is 2. The van der Waals surface area contributed by atoms with E-state index >= 15 is 0 Å². The van der Waals surface area contributed by atoms with Crippen molar-refractivity contribution in [1.29, 1.82) is 0 Å². The summed E-state index contributed by atoms with van der Waals surface area (Å²) in [6, 6.07) is 10.8. The quantitative estimate of drug-likeness (QED) is 0.483. The molecule has 4 nitrogen and oxygen atoms in total. The molecule has 0 radical (unpaired) electrons. The molecule has 2 aromatic rings. The molecule has 0 saturated carbocycles. The van der Waals surface area contributed by atoms with Gasteiger partial charge in [-0.2, -0.15) is 0 Å². The average molecular weight is 415 g/mol. The number of rotatable bonds is 5. The summed E-state index contributed by atoms with van der Waals surface area (Å²) < 4.78 is 17.7. The second-order valence-corrected chi connectivity index (χ2v) is 6.99. The Balaban J connectivity index is 1.85. The fraction of sp³-hybridized carbons (Fsp3) is 0.190. The van der Waals surface area contributed by atoms with Gasteiger partial charge < -0.3 is 14.2 Å². The molecule has 2 aromatic carbocycles. The van der Waals surface area contributed by atoms with E-state index < -0.39 is 0 Å². The largest absolute Gasteiger partial charge is 0.496 e. The summed E-state index contributed by atoms with van der Waals surface area (Å²) in [5.74, 6) is 1.94. The van der Waals surface area contributed by atoms with Crippen molar-refractivity contribution < 1.29 is 19.0 Å². The summed E-state index contributed by atoms with van der Waals surface area (Å²) in [6.07, 6.45) is 3.68. The lowest BCUT2D eigenvalue weighted by Gasteiger charge is -2.06. The number of hydrogen-bond donors (Lipinski definition) is 0. The number of fused-ring (bicyclic) bond motifs is 1. The van der Waals surface area contributed by atoms with E-state index in [1.165, 1.54) is 5.57 Å². The van der Waals surface area contributed by atoms with Gasteiger partial charge in [0.25, 0.3) is 0 Å². The van der Waals surface area contributed by atoms with Crippen LogP contribution in [0.25, 0.3) is 6.08 Å². The van der Waals surface area contributed by atoms with Crippen LogP contribution < -0.4 is 14.2 Å². The van der Waals surface area contributed by atoms with Gasteiger partial charge in [0.15, 0.2) is 5.76 Å². The molecule has 3 rings (SSSR count). The van der Waals surface area contributed by atoms with Crippen LogP contribution in [-0.4, -0.2) is 19.5 Å². The maximum Gasteiger partial charge on any atom is 0.231 e. The Bertz CT molecular complexity index is 908. The van der Waals surface area contributed by atoms with E-state index in [9.17, 15) is 4.79 Å². The lowest BCUT2D eigenvalue weighted by atomic mass is 10.1. The molecule has 0 atom stereocenters. The first-order valence-electron chi connectivity index (χ1n) is 8.16. The number of carbonyl (C=O) groups excluding carboxylic acids is 1. The number of benzene rings is 2. The second kappa shape index (κ2) is 7.79. The molecule has 26 heavy (non-hydrogen) atoms. The van der Waals surface area contributed by atoms with Crippen LogP contribution in [-0.2, 0) is 0 Å². The predicted molar refractivity (Wildman–Crippen MR) is 105 cm³/mol. The molecule has 0 spiro atoms. The van der Waals surface area contributed by atoms with E-state index in [2.05, 4.69) is 15.9 Å². The molecule has 1 heterocycles. The Labute approximate surface area is 161 Å². The van der Waals surface area contributed by atoms with E-state index in [4.69, 9.17) is 14.2 Å². The third kappa shape index (κ3) is 3.99. The fourth-order valence-corrected chi connectivity index (χ4v) is 2.90. The van der Waals surface area contributed by atoms with Gasteiger partial charge in [0.1, 0.15) is 23.9 Å². The molecule has 0 fully saturated rings. The standard InChI is InChI=1S/C21H19BrO4/c1-13(2)8-9-25-16-5-6-17-19(12-16)26-20(21(17)23)11-14-10-15(22)4-7-18(14)24-3/h4-8,10-12H,9H2,1-3H3/b20-11-. The van der Waals surface area contributed by atoms with E-state index in [0.29, 0.717) is 29.4 Å². The fourth-order valence-electron chi connectivity index (χ4n) is 2.52. The van der Waals surface area contributed by atoms with Crippen molar-refractivity contribution in [1.82, 2.24) is 0 Å². The zero-order valence-electron chi connectivity index (χ0n) is 14.8. The Hall–Kier alpha value is -2.53. The van der Waals surface area contributed by atoms with Crippen LogP contribution in [0.4, 0.5) is 0 Å². The second-order valence-electron chi connectivity index (χ2n) is 6.08. The van der Waals surface area contributed by atoms with Crippen LogP contribution in [0.1, 0.15) is 29.8 Å².